The minimum absolute atomic E-state index is 0.0642. The Balaban J connectivity index is 1.88. The molecule has 0 radical (unpaired) electrons. The van der Waals surface area contributed by atoms with Crippen LogP contribution in [0.4, 0.5) is 11.4 Å². The van der Waals surface area contributed by atoms with Gasteiger partial charge in [0.25, 0.3) is 11.8 Å². The first-order chi connectivity index (χ1) is 16.3. The maximum atomic E-state index is 13.6. The largest absolute Gasteiger partial charge is 0.494 e. The summed E-state index contributed by atoms with van der Waals surface area (Å²) in [5.74, 6) is -0.900. The number of nitrogen functional groups attached to an aromatic ring is 1. The number of benzene rings is 1. The number of amides is 3. The van der Waals surface area contributed by atoms with Gasteiger partial charge in [-0.3, -0.25) is 19.3 Å². The number of rotatable bonds is 10. The fraction of sp³-hybridized carbons (Fsp3) is 0.500. The highest BCUT2D eigenvalue weighted by molar-refractivity contribution is 7.09. The van der Waals surface area contributed by atoms with Gasteiger partial charge in [0.2, 0.25) is 5.91 Å². The van der Waals surface area contributed by atoms with Gasteiger partial charge >= 0.3 is 0 Å². The van der Waals surface area contributed by atoms with Crippen molar-refractivity contribution in [3.8, 4) is 5.75 Å². The number of hydrogen-bond acceptors (Lipinski definition) is 7. The van der Waals surface area contributed by atoms with Gasteiger partial charge in [-0.05, 0) is 62.0 Å². The highest BCUT2D eigenvalue weighted by Crippen LogP contribution is 2.29. The van der Waals surface area contributed by atoms with Crippen molar-refractivity contribution in [2.24, 2.45) is 5.73 Å². The van der Waals surface area contributed by atoms with E-state index < -0.39 is 17.9 Å². The van der Waals surface area contributed by atoms with Crippen molar-refractivity contribution in [2.75, 3.05) is 17.2 Å². The fourth-order valence-corrected chi connectivity index (χ4v) is 4.72. The van der Waals surface area contributed by atoms with Crippen molar-refractivity contribution in [1.82, 2.24) is 9.69 Å². The molecule has 1 aliphatic carbocycles. The van der Waals surface area contributed by atoms with E-state index in [9.17, 15) is 14.4 Å². The monoisotopic (exact) mass is 487 g/mol. The number of unbranched alkanes of at least 4 members (excludes halogenated alkanes) is 1. The van der Waals surface area contributed by atoms with E-state index in [0.717, 1.165) is 50.1 Å². The van der Waals surface area contributed by atoms with E-state index >= 15 is 0 Å². The topological polar surface area (TPSA) is 141 Å². The average molecular weight is 488 g/mol. The molecule has 1 aromatic carbocycles. The molecule has 0 aliphatic heterocycles. The normalized spacial score (nSPS) is 14.9. The zero-order valence-electron chi connectivity index (χ0n) is 19.7. The number of anilines is 2. The number of ether oxygens (including phenoxy) is 1. The van der Waals surface area contributed by atoms with Gasteiger partial charge in [0.05, 0.1) is 12.3 Å². The number of carbonyl (C=O) groups is 3. The Bertz CT molecular complexity index is 1000. The van der Waals surface area contributed by atoms with Crippen LogP contribution in [0.5, 0.6) is 5.75 Å². The lowest BCUT2D eigenvalue weighted by atomic mass is 9.95. The Labute approximate surface area is 204 Å². The smallest absolute Gasteiger partial charge is 0.272 e. The Morgan fingerprint density at radius 2 is 1.88 bits per heavy atom. The lowest BCUT2D eigenvalue weighted by molar-refractivity contribution is -0.122. The standard InChI is InChI=1S/C24H33N5O4S/c1-3-4-14-33-18-12-10-17(11-13-18)29(15(2)23(31)27-16-8-6-5-7-9-16)24(32)21-19(25)20(22(26)30)28-34-21/h10-13,15-16H,3-9,14,25H2,1-2H3,(H2,26,30)(H,27,31)/t15-/m0/s1. The lowest BCUT2D eigenvalue weighted by Crippen LogP contribution is -2.51. The minimum atomic E-state index is -0.820. The molecule has 0 saturated heterocycles. The number of hydrogen-bond donors (Lipinski definition) is 3. The van der Waals surface area contributed by atoms with Crippen LogP contribution in [0.15, 0.2) is 24.3 Å². The van der Waals surface area contributed by atoms with Crippen LogP contribution in [0.25, 0.3) is 0 Å². The van der Waals surface area contributed by atoms with Crippen molar-refractivity contribution >= 4 is 40.6 Å². The molecule has 184 valence electrons. The molecule has 3 amide bonds. The molecular formula is C24H33N5O4S. The van der Waals surface area contributed by atoms with Gasteiger partial charge < -0.3 is 21.5 Å². The molecular weight excluding hydrogens is 454 g/mol. The van der Waals surface area contributed by atoms with Crippen LogP contribution in [-0.4, -0.2) is 40.8 Å². The zero-order chi connectivity index (χ0) is 24.7. The number of nitrogens with zero attached hydrogens (tertiary/aromatic N) is 2. The van der Waals surface area contributed by atoms with Gasteiger partial charge in [-0.2, -0.15) is 4.37 Å². The molecule has 0 spiro atoms. The summed E-state index contributed by atoms with van der Waals surface area (Å²) in [6.07, 6.45) is 7.16. The molecule has 9 nitrogen and oxygen atoms in total. The molecule has 5 N–H and O–H groups in total. The van der Waals surface area contributed by atoms with Crippen LogP contribution in [0.3, 0.4) is 0 Å². The number of nitrogens with one attached hydrogen (secondary N) is 1. The molecule has 34 heavy (non-hydrogen) atoms. The van der Waals surface area contributed by atoms with Crippen molar-refractivity contribution in [3.05, 3.63) is 34.8 Å². The number of primary amides is 1. The Morgan fingerprint density at radius 1 is 1.21 bits per heavy atom. The summed E-state index contributed by atoms with van der Waals surface area (Å²) >= 11 is 0.794. The minimum Gasteiger partial charge on any atom is -0.494 e. The van der Waals surface area contributed by atoms with Crippen molar-refractivity contribution in [1.29, 1.82) is 0 Å². The van der Waals surface area contributed by atoms with Crippen LogP contribution in [-0.2, 0) is 4.79 Å². The summed E-state index contributed by atoms with van der Waals surface area (Å²) < 4.78 is 9.66. The highest BCUT2D eigenvalue weighted by atomic mass is 32.1. The van der Waals surface area contributed by atoms with E-state index in [0.29, 0.717) is 18.0 Å². The van der Waals surface area contributed by atoms with E-state index in [1.54, 1.807) is 31.2 Å². The summed E-state index contributed by atoms with van der Waals surface area (Å²) in [7, 11) is 0. The Hall–Kier alpha value is -3.14. The third-order valence-electron chi connectivity index (χ3n) is 5.97. The molecule has 1 fully saturated rings. The van der Waals surface area contributed by atoms with Gasteiger partial charge in [-0.15, -0.1) is 0 Å². The number of aromatic nitrogens is 1. The molecule has 1 aliphatic rings. The molecule has 1 saturated carbocycles. The van der Waals surface area contributed by atoms with Gasteiger partial charge in [0, 0.05) is 11.7 Å². The van der Waals surface area contributed by atoms with Gasteiger partial charge in [0.15, 0.2) is 5.69 Å². The van der Waals surface area contributed by atoms with E-state index in [4.69, 9.17) is 16.2 Å². The number of carbonyl (C=O) groups excluding carboxylic acids is 3. The molecule has 10 heteroatoms. The van der Waals surface area contributed by atoms with Crippen molar-refractivity contribution in [2.45, 2.75) is 70.9 Å². The molecule has 3 rings (SSSR count). The van der Waals surface area contributed by atoms with Crippen molar-refractivity contribution < 1.29 is 19.1 Å². The fourth-order valence-electron chi connectivity index (χ4n) is 3.98. The SMILES string of the molecule is CCCCOc1ccc(N(C(=O)c2snc(C(N)=O)c2N)[C@@H](C)C(=O)NC2CCCCC2)cc1. The van der Waals surface area contributed by atoms with E-state index in [-0.39, 0.29) is 28.2 Å². The molecule has 0 bridgehead atoms. The molecule has 1 atom stereocenters. The average Bonchev–Trinajstić information content (AvgIpc) is 3.22. The van der Waals surface area contributed by atoms with E-state index in [1.807, 2.05) is 0 Å². The predicted octanol–water partition coefficient (Wildman–Crippen LogP) is 3.49. The Morgan fingerprint density at radius 3 is 2.47 bits per heavy atom. The second-order valence-corrected chi connectivity index (χ2v) is 9.30. The van der Waals surface area contributed by atoms with Gasteiger partial charge in [-0.1, -0.05) is 32.6 Å². The molecule has 2 aromatic rings. The van der Waals surface area contributed by atoms with Crippen LogP contribution < -0.4 is 26.4 Å². The van der Waals surface area contributed by atoms with Gasteiger partial charge in [0.1, 0.15) is 16.7 Å². The third kappa shape index (κ3) is 6.05. The maximum absolute atomic E-state index is 13.6. The summed E-state index contributed by atoms with van der Waals surface area (Å²) in [5, 5.41) is 3.08. The zero-order valence-corrected chi connectivity index (χ0v) is 20.5. The van der Waals surface area contributed by atoms with Crippen LogP contribution in [0.1, 0.15) is 79.0 Å². The summed E-state index contributed by atoms with van der Waals surface area (Å²) in [6, 6.07) is 6.28. The van der Waals surface area contributed by atoms with E-state index in [1.165, 1.54) is 11.3 Å². The maximum Gasteiger partial charge on any atom is 0.272 e. The van der Waals surface area contributed by atoms with Crippen LogP contribution in [0.2, 0.25) is 0 Å². The lowest BCUT2D eigenvalue weighted by Gasteiger charge is -2.31. The van der Waals surface area contributed by atoms with Crippen molar-refractivity contribution in [3.63, 3.8) is 0 Å². The van der Waals surface area contributed by atoms with Crippen LogP contribution >= 0.6 is 11.5 Å². The molecule has 1 heterocycles. The van der Waals surface area contributed by atoms with E-state index in [2.05, 4.69) is 16.6 Å². The first-order valence-electron chi connectivity index (χ1n) is 11.7. The Kier molecular flexibility index (Phi) is 8.86. The second kappa shape index (κ2) is 11.8. The third-order valence-corrected chi connectivity index (χ3v) is 6.83. The second-order valence-electron chi connectivity index (χ2n) is 8.53. The predicted molar refractivity (Wildman–Crippen MR) is 133 cm³/mol. The summed E-state index contributed by atoms with van der Waals surface area (Å²) in [6.45, 7) is 4.37. The van der Waals surface area contributed by atoms with Crippen LogP contribution in [0, 0.1) is 0 Å². The molecule has 1 aromatic heterocycles. The molecule has 0 unspecified atom stereocenters. The van der Waals surface area contributed by atoms with Gasteiger partial charge in [-0.25, -0.2) is 0 Å². The first-order valence-corrected chi connectivity index (χ1v) is 12.5. The first kappa shape index (κ1) is 25.5. The number of nitrogens with two attached hydrogens (primary N) is 2. The summed E-state index contributed by atoms with van der Waals surface area (Å²) in [5.41, 5.74) is 11.6. The highest BCUT2D eigenvalue weighted by Gasteiger charge is 2.33. The quantitative estimate of drug-likeness (QED) is 0.438. The summed E-state index contributed by atoms with van der Waals surface area (Å²) in [4.78, 5) is 39.8.